The molecule has 0 spiro atoms. The molecule has 1 N–H and O–H groups in total. The zero-order valence-electron chi connectivity index (χ0n) is 14.1. The molecule has 3 aromatic rings. The van der Waals surface area contributed by atoms with Crippen molar-refractivity contribution in [2.75, 3.05) is 6.54 Å². The van der Waals surface area contributed by atoms with Crippen LogP contribution < -0.4 is 5.32 Å². The number of amides is 1. The third-order valence-corrected chi connectivity index (χ3v) is 5.18. The fourth-order valence-electron chi connectivity index (χ4n) is 2.98. The SMILES string of the molecule is O=C(NCCc1csc(-c2ncccn2)n1)C1CCCCn2nnnc21. The number of hydrogen-bond acceptors (Lipinski definition) is 8. The molecule has 9 nitrogen and oxygen atoms in total. The van der Waals surface area contributed by atoms with Crippen molar-refractivity contribution in [3.63, 3.8) is 0 Å². The number of aryl methyl sites for hydroxylation is 1. The highest BCUT2D eigenvalue weighted by molar-refractivity contribution is 7.13. The van der Waals surface area contributed by atoms with Gasteiger partial charge in [0.15, 0.2) is 16.7 Å². The second kappa shape index (κ2) is 7.65. The highest BCUT2D eigenvalue weighted by atomic mass is 32.1. The normalized spacial score (nSPS) is 16.7. The molecule has 0 aromatic carbocycles. The average molecular weight is 370 g/mol. The number of thiazole rings is 1. The van der Waals surface area contributed by atoms with E-state index in [4.69, 9.17) is 0 Å². The van der Waals surface area contributed by atoms with E-state index in [0.29, 0.717) is 24.6 Å². The largest absolute Gasteiger partial charge is 0.355 e. The zero-order chi connectivity index (χ0) is 17.8. The molecule has 0 saturated heterocycles. The van der Waals surface area contributed by atoms with Crippen LogP contribution in [0.25, 0.3) is 10.8 Å². The first-order chi connectivity index (χ1) is 12.8. The second-order valence-electron chi connectivity index (χ2n) is 6.07. The van der Waals surface area contributed by atoms with Crippen molar-refractivity contribution in [2.45, 2.75) is 38.1 Å². The monoisotopic (exact) mass is 370 g/mol. The summed E-state index contributed by atoms with van der Waals surface area (Å²) in [7, 11) is 0. The van der Waals surface area contributed by atoms with Crippen LogP contribution in [-0.2, 0) is 17.8 Å². The van der Waals surface area contributed by atoms with E-state index in [1.807, 2.05) is 5.38 Å². The fraction of sp³-hybridized carbons (Fsp3) is 0.438. The molecule has 0 bridgehead atoms. The van der Waals surface area contributed by atoms with Crippen LogP contribution in [0.1, 0.15) is 36.7 Å². The summed E-state index contributed by atoms with van der Waals surface area (Å²) >= 11 is 1.51. The minimum absolute atomic E-state index is 0.0233. The molecule has 1 unspecified atom stereocenters. The Labute approximate surface area is 153 Å². The summed E-state index contributed by atoms with van der Waals surface area (Å²) in [6.45, 7) is 1.30. The molecule has 1 amide bonds. The van der Waals surface area contributed by atoms with Crippen LogP contribution >= 0.6 is 11.3 Å². The summed E-state index contributed by atoms with van der Waals surface area (Å²) in [5, 5.41) is 17.5. The molecule has 10 heteroatoms. The molecule has 1 aliphatic rings. The molecular weight excluding hydrogens is 352 g/mol. The minimum atomic E-state index is -0.281. The lowest BCUT2D eigenvalue weighted by molar-refractivity contribution is -0.122. The number of tetrazole rings is 1. The van der Waals surface area contributed by atoms with E-state index in [1.165, 1.54) is 11.3 Å². The molecule has 3 aromatic heterocycles. The number of rotatable bonds is 5. The second-order valence-corrected chi connectivity index (χ2v) is 6.92. The van der Waals surface area contributed by atoms with E-state index in [1.54, 1.807) is 23.1 Å². The highest BCUT2D eigenvalue weighted by Crippen LogP contribution is 2.24. The topological polar surface area (TPSA) is 111 Å². The molecular formula is C16H18N8OS. The molecule has 134 valence electrons. The zero-order valence-corrected chi connectivity index (χ0v) is 14.9. The Bertz CT molecular complexity index is 877. The number of carbonyl (C=O) groups is 1. The van der Waals surface area contributed by atoms with Gasteiger partial charge in [0.25, 0.3) is 0 Å². The van der Waals surface area contributed by atoms with Gasteiger partial charge in [-0.1, -0.05) is 6.42 Å². The Kier molecular flexibility index (Phi) is 4.91. The van der Waals surface area contributed by atoms with Crippen molar-refractivity contribution in [3.05, 3.63) is 35.4 Å². The molecule has 4 rings (SSSR count). The Hall–Kier alpha value is -2.75. The summed E-state index contributed by atoms with van der Waals surface area (Å²) in [5.74, 6) is 0.983. The summed E-state index contributed by atoms with van der Waals surface area (Å²) in [5.41, 5.74) is 0.920. The number of fused-ring (bicyclic) bond motifs is 1. The molecule has 26 heavy (non-hydrogen) atoms. The third kappa shape index (κ3) is 3.59. The van der Waals surface area contributed by atoms with Gasteiger partial charge in [-0.3, -0.25) is 4.79 Å². The van der Waals surface area contributed by atoms with Crippen LogP contribution in [0.4, 0.5) is 0 Å². The van der Waals surface area contributed by atoms with Gasteiger partial charge in [0.1, 0.15) is 0 Å². The van der Waals surface area contributed by atoms with E-state index in [-0.39, 0.29) is 11.8 Å². The van der Waals surface area contributed by atoms with Crippen molar-refractivity contribution in [2.24, 2.45) is 0 Å². The Morgan fingerprint density at radius 1 is 1.31 bits per heavy atom. The van der Waals surface area contributed by atoms with Crippen molar-refractivity contribution in [3.8, 4) is 10.8 Å². The number of nitrogens with one attached hydrogen (secondary N) is 1. The predicted molar refractivity (Wildman–Crippen MR) is 94.3 cm³/mol. The quantitative estimate of drug-likeness (QED) is 0.718. The van der Waals surface area contributed by atoms with Gasteiger partial charge in [-0.2, -0.15) is 0 Å². The van der Waals surface area contributed by atoms with E-state index in [2.05, 4.69) is 35.8 Å². The summed E-state index contributed by atoms with van der Waals surface area (Å²) in [4.78, 5) is 25.5. The van der Waals surface area contributed by atoms with E-state index in [0.717, 1.165) is 36.5 Å². The number of carbonyl (C=O) groups excluding carboxylic acids is 1. The maximum atomic E-state index is 12.6. The van der Waals surface area contributed by atoms with Crippen molar-refractivity contribution < 1.29 is 4.79 Å². The van der Waals surface area contributed by atoms with E-state index < -0.39 is 0 Å². The first-order valence-corrected chi connectivity index (χ1v) is 9.45. The number of hydrogen-bond donors (Lipinski definition) is 1. The van der Waals surface area contributed by atoms with Gasteiger partial charge < -0.3 is 5.32 Å². The Morgan fingerprint density at radius 2 is 2.19 bits per heavy atom. The maximum Gasteiger partial charge on any atom is 0.230 e. The average Bonchev–Trinajstić information content (AvgIpc) is 3.28. The molecule has 4 heterocycles. The fourth-order valence-corrected chi connectivity index (χ4v) is 3.78. The number of aromatic nitrogens is 7. The molecule has 1 atom stereocenters. The molecule has 0 radical (unpaired) electrons. The van der Waals surface area contributed by atoms with Crippen molar-refractivity contribution in [1.29, 1.82) is 0 Å². The Balaban J connectivity index is 1.34. The first-order valence-electron chi connectivity index (χ1n) is 8.57. The van der Waals surface area contributed by atoms with Crippen molar-refractivity contribution >= 4 is 17.2 Å². The van der Waals surface area contributed by atoms with Crippen LogP contribution in [0.3, 0.4) is 0 Å². The molecule has 1 aliphatic heterocycles. The van der Waals surface area contributed by atoms with Crippen LogP contribution in [0.15, 0.2) is 23.8 Å². The molecule has 0 saturated carbocycles. The highest BCUT2D eigenvalue weighted by Gasteiger charge is 2.28. The van der Waals surface area contributed by atoms with Crippen LogP contribution in [0.5, 0.6) is 0 Å². The van der Waals surface area contributed by atoms with Crippen molar-refractivity contribution in [1.82, 2.24) is 40.5 Å². The van der Waals surface area contributed by atoms with E-state index in [9.17, 15) is 4.79 Å². The lowest BCUT2D eigenvalue weighted by Crippen LogP contribution is -2.32. The number of nitrogens with zero attached hydrogens (tertiary/aromatic N) is 7. The van der Waals surface area contributed by atoms with Gasteiger partial charge in [0, 0.05) is 37.3 Å². The summed E-state index contributed by atoms with van der Waals surface area (Å²) in [6, 6.07) is 1.78. The Morgan fingerprint density at radius 3 is 3.08 bits per heavy atom. The third-order valence-electron chi connectivity index (χ3n) is 4.29. The summed E-state index contributed by atoms with van der Waals surface area (Å²) < 4.78 is 1.74. The standard InChI is InChI=1S/C16H18N8OS/c25-15(12-4-1-2-9-24-14(12)21-22-23-24)19-8-5-11-10-26-16(20-11)13-17-6-3-7-18-13/h3,6-7,10,12H,1-2,4-5,8-9H2,(H,19,25). The van der Waals surface area contributed by atoms with Gasteiger partial charge in [-0.15, -0.1) is 16.4 Å². The lowest BCUT2D eigenvalue weighted by Gasteiger charge is -2.12. The van der Waals surface area contributed by atoms with Gasteiger partial charge in [0.05, 0.1) is 11.6 Å². The van der Waals surface area contributed by atoms with Gasteiger partial charge in [-0.05, 0) is 29.3 Å². The van der Waals surface area contributed by atoms with Crippen LogP contribution in [0, 0.1) is 0 Å². The maximum absolute atomic E-state index is 12.6. The van der Waals surface area contributed by atoms with Gasteiger partial charge in [0.2, 0.25) is 5.91 Å². The van der Waals surface area contributed by atoms with Gasteiger partial charge in [-0.25, -0.2) is 19.6 Å². The first kappa shape index (κ1) is 16.7. The summed E-state index contributed by atoms with van der Waals surface area (Å²) in [6.07, 6.45) is 6.81. The predicted octanol–water partition coefficient (Wildman–Crippen LogP) is 1.21. The van der Waals surface area contributed by atoms with Crippen LogP contribution in [-0.4, -0.2) is 47.6 Å². The van der Waals surface area contributed by atoms with E-state index >= 15 is 0 Å². The molecule has 0 fully saturated rings. The van der Waals surface area contributed by atoms with Gasteiger partial charge >= 0.3 is 0 Å². The smallest absolute Gasteiger partial charge is 0.230 e. The minimum Gasteiger partial charge on any atom is -0.355 e. The lowest BCUT2D eigenvalue weighted by atomic mass is 10.0. The molecule has 0 aliphatic carbocycles. The van der Waals surface area contributed by atoms with Crippen LogP contribution in [0.2, 0.25) is 0 Å².